The molecular weight excluding hydrogens is 236 g/mol. The standard InChI is InChI=1S/C16H32N2O/c1-17-15-9-5-3-4-6-10-16(15)18-11-7-8-14(12-18)13-19-2/h14-17H,3-13H2,1-2H3. The van der Waals surface area contributed by atoms with E-state index in [1.165, 1.54) is 64.5 Å². The molecule has 0 amide bonds. The summed E-state index contributed by atoms with van der Waals surface area (Å²) in [6.07, 6.45) is 11.1. The van der Waals surface area contributed by atoms with Gasteiger partial charge < -0.3 is 10.1 Å². The van der Waals surface area contributed by atoms with E-state index >= 15 is 0 Å². The van der Waals surface area contributed by atoms with Crippen molar-refractivity contribution in [1.29, 1.82) is 0 Å². The molecule has 3 nitrogen and oxygen atoms in total. The molecule has 3 heteroatoms. The molecule has 2 aliphatic rings. The van der Waals surface area contributed by atoms with Crippen LogP contribution >= 0.6 is 0 Å². The highest BCUT2D eigenvalue weighted by Crippen LogP contribution is 2.26. The van der Waals surface area contributed by atoms with E-state index in [4.69, 9.17) is 4.74 Å². The Morgan fingerprint density at radius 1 is 1.05 bits per heavy atom. The topological polar surface area (TPSA) is 24.5 Å². The Bertz CT molecular complexity index is 245. The van der Waals surface area contributed by atoms with Crippen molar-refractivity contribution in [1.82, 2.24) is 10.2 Å². The highest BCUT2D eigenvalue weighted by molar-refractivity contribution is 4.88. The Labute approximate surface area is 119 Å². The predicted octanol–water partition coefficient (Wildman–Crippen LogP) is 2.66. The summed E-state index contributed by atoms with van der Waals surface area (Å²) >= 11 is 0. The zero-order chi connectivity index (χ0) is 13.5. The van der Waals surface area contributed by atoms with Gasteiger partial charge in [-0.15, -0.1) is 0 Å². The maximum absolute atomic E-state index is 5.37. The largest absolute Gasteiger partial charge is 0.384 e. The summed E-state index contributed by atoms with van der Waals surface area (Å²) < 4.78 is 5.37. The number of nitrogens with zero attached hydrogens (tertiary/aromatic N) is 1. The molecule has 0 aromatic rings. The van der Waals surface area contributed by atoms with E-state index in [1.807, 2.05) is 7.11 Å². The number of rotatable bonds is 4. The summed E-state index contributed by atoms with van der Waals surface area (Å²) in [7, 11) is 3.99. The predicted molar refractivity (Wildman–Crippen MR) is 80.5 cm³/mol. The summed E-state index contributed by atoms with van der Waals surface area (Å²) in [5.74, 6) is 0.752. The number of hydrogen-bond donors (Lipinski definition) is 1. The van der Waals surface area contributed by atoms with Crippen molar-refractivity contribution in [2.24, 2.45) is 5.92 Å². The number of hydrogen-bond acceptors (Lipinski definition) is 3. The summed E-state index contributed by atoms with van der Waals surface area (Å²) in [5, 5.41) is 3.59. The highest BCUT2D eigenvalue weighted by atomic mass is 16.5. The molecule has 1 saturated carbocycles. The molecule has 112 valence electrons. The second-order valence-electron chi connectivity index (χ2n) is 6.41. The van der Waals surface area contributed by atoms with Crippen LogP contribution in [-0.4, -0.2) is 50.8 Å². The third-order valence-corrected chi connectivity index (χ3v) is 5.02. The lowest BCUT2D eigenvalue weighted by molar-refractivity contribution is 0.0500. The van der Waals surface area contributed by atoms with Crippen LogP contribution in [0.4, 0.5) is 0 Å². The first-order valence-electron chi connectivity index (χ1n) is 8.25. The van der Waals surface area contributed by atoms with Crippen LogP contribution in [-0.2, 0) is 4.74 Å². The molecule has 0 aromatic heterocycles. The Kier molecular flexibility index (Phi) is 6.62. The first-order valence-corrected chi connectivity index (χ1v) is 8.25. The summed E-state index contributed by atoms with van der Waals surface area (Å²) in [5.41, 5.74) is 0. The van der Waals surface area contributed by atoms with Gasteiger partial charge in [0.1, 0.15) is 0 Å². The van der Waals surface area contributed by atoms with Crippen molar-refractivity contribution in [3.05, 3.63) is 0 Å². The third-order valence-electron chi connectivity index (χ3n) is 5.02. The van der Waals surface area contributed by atoms with Crippen molar-refractivity contribution < 1.29 is 4.74 Å². The van der Waals surface area contributed by atoms with E-state index in [-0.39, 0.29) is 0 Å². The molecule has 1 N–H and O–H groups in total. The van der Waals surface area contributed by atoms with Crippen molar-refractivity contribution in [2.75, 3.05) is 33.9 Å². The lowest BCUT2D eigenvalue weighted by atomic mass is 9.88. The van der Waals surface area contributed by atoms with E-state index in [0.717, 1.165) is 18.6 Å². The molecule has 0 spiro atoms. The van der Waals surface area contributed by atoms with Crippen molar-refractivity contribution in [3.63, 3.8) is 0 Å². The van der Waals surface area contributed by atoms with Gasteiger partial charge >= 0.3 is 0 Å². The molecule has 3 unspecified atom stereocenters. The third kappa shape index (κ3) is 4.44. The fraction of sp³-hybridized carbons (Fsp3) is 1.00. The Balaban J connectivity index is 1.94. The zero-order valence-electron chi connectivity index (χ0n) is 12.9. The molecule has 0 radical (unpaired) electrons. The summed E-state index contributed by atoms with van der Waals surface area (Å²) in [4.78, 5) is 2.76. The van der Waals surface area contributed by atoms with Gasteiger partial charge in [0.05, 0.1) is 6.61 Å². The molecule has 2 fully saturated rings. The Morgan fingerprint density at radius 3 is 2.58 bits per heavy atom. The van der Waals surface area contributed by atoms with Gasteiger partial charge in [0, 0.05) is 25.7 Å². The maximum Gasteiger partial charge on any atom is 0.0502 e. The van der Waals surface area contributed by atoms with E-state index in [9.17, 15) is 0 Å². The molecule has 1 saturated heterocycles. The zero-order valence-corrected chi connectivity index (χ0v) is 12.9. The van der Waals surface area contributed by atoms with Gasteiger partial charge in [-0.2, -0.15) is 0 Å². The van der Waals surface area contributed by atoms with Crippen molar-refractivity contribution in [3.8, 4) is 0 Å². The normalized spacial score (nSPS) is 34.7. The lowest BCUT2D eigenvalue weighted by Crippen LogP contribution is -2.53. The summed E-state index contributed by atoms with van der Waals surface area (Å²) in [6, 6.07) is 1.45. The van der Waals surface area contributed by atoms with Crippen LogP contribution in [0.15, 0.2) is 0 Å². The molecule has 19 heavy (non-hydrogen) atoms. The lowest BCUT2D eigenvalue weighted by Gasteiger charge is -2.42. The van der Waals surface area contributed by atoms with Gasteiger partial charge in [-0.3, -0.25) is 4.90 Å². The second kappa shape index (κ2) is 8.23. The van der Waals surface area contributed by atoms with Crippen LogP contribution in [0.5, 0.6) is 0 Å². The maximum atomic E-state index is 5.37. The van der Waals surface area contributed by atoms with Gasteiger partial charge in [-0.1, -0.05) is 25.7 Å². The molecular formula is C16H32N2O. The van der Waals surface area contributed by atoms with E-state index in [2.05, 4.69) is 17.3 Å². The Hall–Kier alpha value is -0.120. The van der Waals surface area contributed by atoms with Crippen LogP contribution in [0, 0.1) is 5.92 Å². The van der Waals surface area contributed by atoms with Gasteiger partial charge in [-0.05, 0) is 45.2 Å². The summed E-state index contributed by atoms with van der Waals surface area (Å²) in [6.45, 7) is 3.48. The minimum Gasteiger partial charge on any atom is -0.384 e. The average Bonchev–Trinajstić information content (AvgIpc) is 2.39. The minimum atomic E-state index is 0.696. The fourth-order valence-corrected chi connectivity index (χ4v) is 4.01. The van der Waals surface area contributed by atoms with Crippen molar-refractivity contribution >= 4 is 0 Å². The van der Waals surface area contributed by atoms with Crippen LogP contribution in [0.2, 0.25) is 0 Å². The molecule has 1 heterocycles. The molecule has 0 bridgehead atoms. The number of ether oxygens (including phenoxy) is 1. The van der Waals surface area contributed by atoms with E-state index in [0.29, 0.717) is 6.04 Å². The van der Waals surface area contributed by atoms with Crippen LogP contribution in [0.3, 0.4) is 0 Å². The van der Waals surface area contributed by atoms with E-state index in [1.54, 1.807) is 0 Å². The second-order valence-corrected chi connectivity index (χ2v) is 6.41. The number of nitrogens with one attached hydrogen (secondary N) is 1. The average molecular weight is 268 g/mol. The number of likely N-dealkylation sites (tertiary alicyclic amines) is 1. The smallest absolute Gasteiger partial charge is 0.0502 e. The minimum absolute atomic E-state index is 0.696. The van der Waals surface area contributed by atoms with Crippen LogP contribution in [0.1, 0.15) is 51.4 Å². The first kappa shape index (κ1) is 15.3. The van der Waals surface area contributed by atoms with Gasteiger partial charge in [0.2, 0.25) is 0 Å². The van der Waals surface area contributed by atoms with Gasteiger partial charge in [-0.25, -0.2) is 0 Å². The van der Waals surface area contributed by atoms with Crippen molar-refractivity contribution in [2.45, 2.75) is 63.5 Å². The van der Waals surface area contributed by atoms with Gasteiger partial charge in [0.15, 0.2) is 0 Å². The molecule has 1 aliphatic carbocycles. The first-order chi connectivity index (χ1) is 9.35. The number of methoxy groups -OCH3 is 1. The van der Waals surface area contributed by atoms with Crippen LogP contribution < -0.4 is 5.32 Å². The quantitative estimate of drug-likeness (QED) is 0.848. The monoisotopic (exact) mass is 268 g/mol. The Morgan fingerprint density at radius 2 is 1.84 bits per heavy atom. The van der Waals surface area contributed by atoms with Gasteiger partial charge in [0.25, 0.3) is 0 Å². The van der Waals surface area contributed by atoms with Crippen LogP contribution in [0.25, 0.3) is 0 Å². The molecule has 1 aliphatic heterocycles. The molecule has 0 aromatic carbocycles. The number of likely N-dealkylation sites (N-methyl/N-ethyl adjacent to an activating group) is 1. The number of piperidine rings is 1. The SMILES string of the molecule is CNC1CCCCCCC1N1CCCC(COC)C1. The highest BCUT2D eigenvalue weighted by Gasteiger charge is 2.30. The fourth-order valence-electron chi connectivity index (χ4n) is 4.01. The van der Waals surface area contributed by atoms with E-state index < -0.39 is 0 Å². The molecule has 2 rings (SSSR count). The molecule has 3 atom stereocenters.